The summed E-state index contributed by atoms with van der Waals surface area (Å²) in [5.41, 5.74) is 0. The average molecular weight is 179 g/mol. The Labute approximate surface area is 68.3 Å². The van der Waals surface area contributed by atoms with Gasteiger partial charge in [-0.05, 0) is 6.42 Å². The second-order valence-electron chi connectivity index (χ2n) is 2.26. The van der Waals surface area contributed by atoms with Gasteiger partial charge in [0.05, 0.1) is 0 Å². The largest absolute Gasteiger partial charge is 0.274 e. The van der Waals surface area contributed by atoms with Gasteiger partial charge in [-0.1, -0.05) is 13.3 Å². The summed E-state index contributed by atoms with van der Waals surface area (Å²) in [6.45, 7) is 1.95. The Morgan fingerprint density at radius 3 is 2.36 bits per heavy atom. The van der Waals surface area contributed by atoms with E-state index in [0.29, 0.717) is 6.42 Å². The maximum absolute atomic E-state index is 10.9. The fourth-order valence-corrected chi connectivity index (χ4v) is 0.863. The van der Waals surface area contributed by atoms with Crippen LogP contribution in [0.1, 0.15) is 26.2 Å². The Balaban J connectivity index is 3.83. The molecule has 0 radical (unpaired) electrons. The zero-order valence-corrected chi connectivity index (χ0v) is 7.63. The molecule has 4 nitrogen and oxygen atoms in total. The number of rotatable bonds is 4. The van der Waals surface area contributed by atoms with Crippen molar-refractivity contribution in [3.63, 3.8) is 0 Å². The molecule has 1 amide bonds. The van der Waals surface area contributed by atoms with Gasteiger partial charge < -0.3 is 0 Å². The van der Waals surface area contributed by atoms with Crippen LogP contribution in [0.15, 0.2) is 0 Å². The van der Waals surface area contributed by atoms with Gasteiger partial charge in [0.15, 0.2) is 0 Å². The molecule has 0 heterocycles. The van der Waals surface area contributed by atoms with Crippen LogP contribution in [-0.4, -0.2) is 25.7 Å². The lowest BCUT2D eigenvalue weighted by molar-refractivity contribution is -0.125. The van der Waals surface area contributed by atoms with Crippen LogP contribution in [0.2, 0.25) is 0 Å². The second kappa shape index (κ2) is 5.12. The molecule has 0 atom stereocenters. The molecule has 5 heteroatoms. The van der Waals surface area contributed by atoms with Crippen molar-refractivity contribution < 1.29 is 13.2 Å². The number of carbonyl (C=O) groups is 1. The molecule has 0 aromatic rings. The van der Waals surface area contributed by atoms with Crippen LogP contribution in [0, 0.1) is 0 Å². The number of hydrogen-bond acceptors (Lipinski definition) is 3. The molecule has 0 unspecified atom stereocenters. The summed E-state index contributed by atoms with van der Waals surface area (Å²) in [5, 5.41) is 0. The van der Waals surface area contributed by atoms with Gasteiger partial charge in [0, 0.05) is 13.5 Å². The molecule has 0 bridgehead atoms. The predicted octanol–water partition coefficient (Wildman–Crippen LogP) is 0.161. The summed E-state index contributed by atoms with van der Waals surface area (Å²) in [5.74, 6) is -0.331. The molecule has 66 valence electrons. The minimum Gasteiger partial charge on any atom is -0.274 e. The Kier molecular flexibility index (Phi) is 4.85. The third-order valence-corrected chi connectivity index (χ3v) is 2.06. The van der Waals surface area contributed by atoms with Crippen molar-refractivity contribution in [1.29, 1.82) is 0 Å². The normalized spacial score (nSPS) is 10.1. The highest BCUT2D eigenvalue weighted by Gasteiger charge is 2.08. The molecule has 0 aromatic carbocycles. The van der Waals surface area contributed by atoms with Gasteiger partial charge in [0.25, 0.3) is 0 Å². The molecule has 0 spiro atoms. The first kappa shape index (κ1) is 10.4. The Morgan fingerprint density at radius 2 is 2.00 bits per heavy atom. The second-order valence-corrected chi connectivity index (χ2v) is 3.33. The van der Waals surface area contributed by atoms with E-state index < -0.39 is 10.9 Å². The maximum Gasteiger partial charge on any atom is 0.235 e. The van der Waals surface area contributed by atoms with Crippen molar-refractivity contribution >= 4 is 16.8 Å². The molecule has 0 aliphatic carbocycles. The van der Waals surface area contributed by atoms with Gasteiger partial charge in [0.1, 0.15) is 0 Å². The van der Waals surface area contributed by atoms with Gasteiger partial charge in [0.2, 0.25) is 16.8 Å². The third kappa shape index (κ3) is 3.98. The molecule has 0 fully saturated rings. The van der Waals surface area contributed by atoms with Gasteiger partial charge in [-0.3, -0.25) is 4.79 Å². The predicted molar refractivity (Wildman–Crippen MR) is 42.6 cm³/mol. The van der Waals surface area contributed by atoms with E-state index in [9.17, 15) is 13.2 Å². The molecular weight excluding hydrogens is 166 g/mol. The number of amides is 1. The van der Waals surface area contributed by atoms with E-state index in [-0.39, 0.29) is 5.91 Å². The van der Waals surface area contributed by atoms with Crippen LogP contribution in [0.3, 0.4) is 0 Å². The van der Waals surface area contributed by atoms with Gasteiger partial charge >= 0.3 is 0 Å². The molecule has 0 saturated carbocycles. The molecular formula is C6H13NO3S. The summed E-state index contributed by atoms with van der Waals surface area (Å²) in [6.07, 6.45) is 1.96. The Bertz CT molecular complexity index is 192. The standard InChI is InChI=1S/C6H13NO3S/c1-3-4-5-6(8)7(2)11(9)10/h11H,3-5H2,1-2H3. The molecule has 0 saturated heterocycles. The summed E-state index contributed by atoms with van der Waals surface area (Å²) in [6, 6.07) is 0. The Hall–Kier alpha value is -0.580. The minimum absolute atomic E-state index is 0.316. The van der Waals surface area contributed by atoms with Crippen molar-refractivity contribution in [3.8, 4) is 0 Å². The van der Waals surface area contributed by atoms with Gasteiger partial charge in [-0.2, -0.15) is 0 Å². The Morgan fingerprint density at radius 1 is 1.45 bits per heavy atom. The van der Waals surface area contributed by atoms with Crippen LogP contribution in [0.4, 0.5) is 0 Å². The zero-order valence-electron chi connectivity index (χ0n) is 6.74. The van der Waals surface area contributed by atoms with Crippen LogP contribution < -0.4 is 0 Å². The van der Waals surface area contributed by atoms with Gasteiger partial charge in [-0.25, -0.2) is 12.7 Å². The lowest BCUT2D eigenvalue weighted by Gasteiger charge is -2.07. The highest BCUT2D eigenvalue weighted by atomic mass is 32.2. The SMILES string of the molecule is CCCCC(=O)N(C)[SH](=O)=O. The molecule has 0 aliphatic heterocycles. The van der Waals surface area contributed by atoms with Crippen LogP contribution >= 0.6 is 0 Å². The average Bonchev–Trinajstić information content (AvgIpc) is 1.98. The molecule has 0 N–H and O–H groups in total. The summed E-state index contributed by atoms with van der Waals surface area (Å²) >= 11 is 0. The molecule has 0 aliphatic rings. The van der Waals surface area contributed by atoms with E-state index in [4.69, 9.17) is 0 Å². The maximum atomic E-state index is 10.9. The highest BCUT2D eigenvalue weighted by molar-refractivity contribution is 7.70. The van der Waals surface area contributed by atoms with Crippen LogP contribution in [-0.2, 0) is 15.7 Å². The fourth-order valence-electron chi connectivity index (χ4n) is 0.581. The highest BCUT2D eigenvalue weighted by Crippen LogP contribution is 1.97. The zero-order chi connectivity index (χ0) is 8.85. The number of unbranched alkanes of at least 4 members (excludes halogenated alkanes) is 1. The fraction of sp³-hybridized carbons (Fsp3) is 0.833. The van der Waals surface area contributed by atoms with Crippen molar-refractivity contribution in [3.05, 3.63) is 0 Å². The summed E-state index contributed by atoms with van der Waals surface area (Å²) in [7, 11) is -1.47. The van der Waals surface area contributed by atoms with E-state index in [2.05, 4.69) is 0 Å². The van der Waals surface area contributed by atoms with E-state index in [0.717, 1.165) is 17.1 Å². The van der Waals surface area contributed by atoms with E-state index in [1.807, 2.05) is 6.92 Å². The number of carbonyl (C=O) groups excluding carboxylic acids is 1. The molecule has 0 rings (SSSR count). The first-order chi connectivity index (χ1) is 5.09. The summed E-state index contributed by atoms with van der Waals surface area (Å²) < 4.78 is 21.2. The smallest absolute Gasteiger partial charge is 0.235 e. The monoisotopic (exact) mass is 179 g/mol. The van der Waals surface area contributed by atoms with Crippen molar-refractivity contribution in [2.24, 2.45) is 0 Å². The van der Waals surface area contributed by atoms with Crippen molar-refractivity contribution in [2.45, 2.75) is 26.2 Å². The van der Waals surface area contributed by atoms with Crippen LogP contribution in [0.5, 0.6) is 0 Å². The lowest BCUT2D eigenvalue weighted by Crippen LogP contribution is -2.24. The number of nitrogens with zero attached hydrogens (tertiary/aromatic N) is 1. The number of thiol groups is 1. The molecule has 11 heavy (non-hydrogen) atoms. The quantitative estimate of drug-likeness (QED) is 0.625. The third-order valence-electron chi connectivity index (χ3n) is 1.35. The minimum atomic E-state index is -2.73. The number of hydrogen-bond donors (Lipinski definition) is 1. The van der Waals surface area contributed by atoms with E-state index >= 15 is 0 Å². The lowest BCUT2D eigenvalue weighted by atomic mass is 10.2. The van der Waals surface area contributed by atoms with Gasteiger partial charge in [-0.15, -0.1) is 0 Å². The van der Waals surface area contributed by atoms with E-state index in [1.165, 1.54) is 7.05 Å². The molecule has 0 aromatic heterocycles. The van der Waals surface area contributed by atoms with E-state index in [1.54, 1.807) is 0 Å². The van der Waals surface area contributed by atoms with Crippen molar-refractivity contribution in [1.82, 2.24) is 4.31 Å². The summed E-state index contributed by atoms with van der Waals surface area (Å²) in [4.78, 5) is 10.9. The van der Waals surface area contributed by atoms with Crippen LogP contribution in [0.25, 0.3) is 0 Å². The van der Waals surface area contributed by atoms with Crippen molar-refractivity contribution in [2.75, 3.05) is 7.05 Å². The first-order valence-electron chi connectivity index (χ1n) is 3.50. The first-order valence-corrected chi connectivity index (χ1v) is 4.63. The topological polar surface area (TPSA) is 54.5 Å².